The third-order valence-corrected chi connectivity index (χ3v) is 7.57. The highest BCUT2D eigenvalue weighted by atomic mass is 16.5. The lowest BCUT2D eigenvalue weighted by molar-refractivity contribution is -0.132. The molecule has 16 nitrogen and oxygen atoms in total. The summed E-state index contributed by atoms with van der Waals surface area (Å²) in [6, 6.07) is 9.81. The molecule has 0 bridgehead atoms. The van der Waals surface area contributed by atoms with Gasteiger partial charge in [0.05, 0.1) is 5.56 Å². The molecule has 16 heteroatoms. The number of amides is 3. The van der Waals surface area contributed by atoms with Crippen molar-refractivity contribution in [3.63, 3.8) is 0 Å². The van der Waals surface area contributed by atoms with Gasteiger partial charge in [-0.25, -0.2) is 0 Å². The Morgan fingerprint density at radius 3 is 1.80 bits per heavy atom. The molecule has 0 aliphatic carbocycles. The highest BCUT2D eigenvalue weighted by molar-refractivity contribution is 6.08. The first-order chi connectivity index (χ1) is 26.1. The third-order valence-electron chi connectivity index (χ3n) is 7.57. The fourth-order valence-electron chi connectivity index (χ4n) is 4.67. The largest absolute Gasteiger partial charge is 0.490 e. The molecule has 55 heavy (non-hydrogen) atoms. The molecule has 2 atom stereocenters. The van der Waals surface area contributed by atoms with Crippen LogP contribution in [0.25, 0.3) is 6.08 Å². The number of allylic oxidation sites excluding steroid dienone is 3. The van der Waals surface area contributed by atoms with Gasteiger partial charge >= 0.3 is 0 Å². The second kappa shape index (κ2) is 24.1. The highest BCUT2D eigenvalue weighted by Crippen LogP contribution is 2.26. The zero-order valence-electron chi connectivity index (χ0n) is 32.0. The van der Waals surface area contributed by atoms with E-state index in [9.17, 15) is 19.2 Å². The van der Waals surface area contributed by atoms with Crippen molar-refractivity contribution in [1.29, 1.82) is 0 Å². The first-order valence-corrected chi connectivity index (χ1v) is 17.8. The van der Waals surface area contributed by atoms with Gasteiger partial charge in [-0.05, 0) is 101 Å². The van der Waals surface area contributed by atoms with Crippen LogP contribution in [0, 0.1) is 0 Å². The number of ether oxygens (including phenoxy) is 3. The number of rotatable bonds is 24. The van der Waals surface area contributed by atoms with E-state index in [0.717, 1.165) is 16.7 Å². The molecule has 2 aromatic carbocycles. The molecule has 0 aromatic heterocycles. The number of primary amides is 1. The molecule has 0 saturated heterocycles. The van der Waals surface area contributed by atoms with E-state index < -0.39 is 36.4 Å². The van der Waals surface area contributed by atoms with Gasteiger partial charge in [0.1, 0.15) is 42.5 Å². The molecule has 0 fully saturated rings. The number of ketones is 1. The standard InChI is InChI=1S/C39H55N9O7/c1-25(2)17-21-53-28-12-9-27(10-13-28)11-16-33(49)30-15-14-29(54-22-18-26(3)4)23-34(30)55-24-35(50)47-32(8-6-20-46-39(43)44)37(52)48-31(36(40)51)7-5-19-45-38(41)42/h9-18,23,31-32H,5-8,19-22,24H2,1-4H3,(H2,40,51)(H,47,50)(H,48,52)(H4,41,42,45)(H4,43,44,46)/b16-11+/t31-,32-/m0/s1. The van der Waals surface area contributed by atoms with Gasteiger partial charge in [0.2, 0.25) is 11.8 Å². The van der Waals surface area contributed by atoms with Crippen LogP contribution in [0.5, 0.6) is 17.2 Å². The van der Waals surface area contributed by atoms with Gasteiger partial charge in [0.15, 0.2) is 24.3 Å². The minimum Gasteiger partial charge on any atom is -0.490 e. The third kappa shape index (κ3) is 18.8. The van der Waals surface area contributed by atoms with Gasteiger partial charge < -0.3 is 53.5 Å². The van der Waals surface area contributed by atoms with Crippen molar-refractivity contribution < 1.29 is 33.4 Å². The summed E-state index contributed by atoms with van der Waals surface area (Å²) in [6.45, 7) is 8.44. The van der Waals surface area contributed by atoms with Crippen molar-refractivity contribution in [1.82, 2.24) is 10.6 Å². The van der Waals surface area contributed by atoms with Crippen LogP contribution in [0.2, 0.25) is 0 Å². The SMILES string of the molecule is CC(C)=CCOc1ccc(/C=C/C(=O)c2ccc(OCC=C(C)C)cc2OCC(=O)N[C@@H](CCCN=C(N)N)C(=O)N[C@@H](CCCN=C(N)N)C(N)=O)cc1. The smallest absolute Gasteiger partial charge is 0.258 e. The number of carbonyl (C=O) groups excluding carboxylic acids is 4. The van der Waals surface area contributed by atoms with Crippen molar-refractivity contribution in [2.75, 3.05) is 32.9 Å². The summed E-state index contributed by atoms with van der Waals surface area (Å²) in [5, 5.41) is 5.22. The Morgan fingerprint density at radius 2 is 1.25 bits per heavy atom. The van der Waals surface area contributed by atoms with Crippen LogP contribution in [-0.4, -0.2) is 80.4 Å². The van der Waals surface area contributed by atoms with Crippen LogP contribution in [0.3, 0.4) is 0 Å². The van der Waals surface area contributed by atoms with E-state index in [2.05, 4.69) is 20.6 Å². The van der Waals surface area contributed by atoms with Gasteiger partial charge in [0, 0.05) is 19.2 Å². The number of nitrogens with zero attached hydrogens (tertiary/aromatic N) is 2. The second-order valence-corrected chi connectivity index (χ2v) is 12.9. The Bertz CT molecular complexity index is 1740. The summed E-state index contributed by atoms with van der Waals surface area (Å²) in [6.07, 6.45) is 7.85. The first kappa shape index (κ1) is 44.8. The normalized spacial score (nSPS) is 11.6. The summed E-state index contributed by atoms with van der Waals surface area (Å²) in [4.78, 5) is 59.9. The van der Waals surface area contributed by atoms with E-state index in [1.807, 2.05) is 64.1 Å². The summed E-state index contributed by atoms with van der Waals surface area (Å²) in [7, 11) is 0. The zero-order valence-corrected chi connectivity index (χ0v) is 32.0. The second-order valence-electron chi connectivity index (χ2n) is 12.9. The van der Waals surface area contributed by atoms with Gasteiger partial charge in [-0.2, -0.15) is 0 Å². The molecule has 0 saturated carbocycles. The van der Waals surface area contributed by atoms with Gasteiger partial charge in [-0.3, -0.25) is 29.2 Å². The number of nitrogens with two attached hydrogens (primary N) is 5. The molecule has 0 aliphatic heterocycles. The number of hydrogen-bond acceptors (Lipinski definition) is 9. The minimum absolute atomic E-state index is 0.0887. The van der Waals surface area contributed by atoms with Crippen molar-refractivity contribution in [2.24, 2.45) is 38.7 Å². The van der Waals surface area contributed by atoms with Crippen molar-refractivity contribution >= 4 is 41.5 Å². The average Bonchev–Trinajstić information content (AvgIpc) is 3.12. The number of benzene rings is 2. The summed E-state index contributed by atoms with van der Waals surface area (Å²) >= 11 is 0. The molecule has 0 aliphatic rings. The molecule has 298 valence electrons. The minimum atomic E-state index is -1.11. The van der Waals surface area contributed by atoms with Crippen LogP contribution in [0.1, 0.15) is 69.3 Å². The Balaban J connectivity index is 2.24. The van der Waals surface area contributed by atoms with E-state index in [1.54, 1.807) is 18.2 Å². The van der Waals surface area contributed by atoms with Crippen LogP contribution < -0.4 is 53.5 Å². The number of guanidine groups is 2. The fraction of sp³-hybridized carbons (Fsp3) is 0.385. The average molecular weight is 762 g/mol. The van der Waals surface area contributed by atoms with Gasteiger partial charge in [0.25, 0.3) is 5.91 Å². The lowest BCUT2D eigenvalue weighted by atomic mass is 10.1. The van der Waals surface area contributed by atoms with Crippen LogP contribution >= 0.6 is 0 Å². The van der Waals surface area contributed by atoms with Crippen molar-refractivity contribution in [3.8, 4) is 17.2 Å². The summed E-state index contributed by atoms with van der Waals surface area (Å²) < 4.78 is 17.4. The fourth-order valence-corrected chi connectivity index (χ4v) is 4.67. The molecule has 0 radical (unpaired) electrons. The van der Waals surface area contributed by atoms with Gasteiger partial charge in [-0.1, -0.05) is 29.4 Å². The number of hydrogen-bond donors (Lipinski definition) is 7. The summed E-state index contributed by atoms with van der Waals surface area (Å²) in [5.74, 6) is -1.54. The molecule has 0 unspecified atom stereocenters. The number of carbonyl (C=O) groups is 4. The Hall–Kier alpha value is -6.32. The maximum absolute atomic E-state index is 13.4. The van der Waals surface area contributed by atoms with Crippen molar-refractivity contribution in [3.05, 3.63) is 83.0 Å². The Kier molecular flexibility index (Phi) is 19.6. The van der Waals surface area contributed by atoms with E-state index in [0.29, 0.717) is 30.9 Å². The number of nitrogens with one attached hydrogen (secondary N) is 2. The van der Waals surface area contributed by atoms with Crippen molar-refractivity contribution in [2.45, 2.75) is 65.5 Å². The molecule has 2 rings (SSSR count). The highest BCUT2D eigenvalue weighted by Gasteiger charge is 2.26. The van der Waals surface area contributed by atoms with E-state index >= 15 is 0 Å². The quantitative estimate of drug-likeness (QED) is 0.0203. The molecule has 3 amide bonds. The summed E-state index contributed by atoms with van der Waals surface area (Å²) in [5.41, 5.74) is 30.2. The topological polar surface area (TPSA) is 275 Å². The predicted octanol–water partition coefficient (Wildman–Crippen LogP) is 2.21. The van der Waals surface area contributed by atoms with Crippen LogP contribution in [-0.2, 0) is 14.4 Å². The molecule has 2 aromatic rings. The van der Waals surface area contributed by atoms with Crippen LogP contribution in [0.15, 0.2) is 81.8 Å². The Labute approximate surface area is 322 Å². The lowest BCUT2D eigenvalue weighted by Gasteiger charge is -2.22. The molecule has 12 N–H and O–H groups in total. The molecule has 0 spiro atoms. The number of aliphatic imine (C=N–C) groups is 2. The molecule has 0 heterocycles. The zero-order chi connectivity index (χ0) is 40.8. The Morgan fingerprint density at radius 1 is 0.709 bits per heavy atom. The van der Waals surface area contributed by atoms with E-state index in [-0.39, 0.29) is 61.6 Å². The van der Waals surface area contributed by atoms with E-state index in [4.69, 9.17) is 42.9 Å². The molecular weight excluding hydrogens is 706 g/mol. The van der Waals surface area contributed by atoms with E-state index in [1.165, 1.54) is 12.1 Å². The first-order valence-electron chi connectivity index (χ1n) is 17.8. The molecular formula is C39H55N9O7. The monoisotopic (exact) mass is 761 g/mol. The maximum Gasteiger partial charge on any atom is 0.258 e. The van der Waals surface area contributed by atoms with Crippen LogP contribution in [0.4, 0.5) is 0 Å². The lowest BCUT2D eigenvalue weighted by Crippen LogP contribution is -2.53. The maximum atomic E-state index is 13.4. The predicted molar refractivity (Wildman–Crippen MR) is 214 cm³/mol. The van der Waals surface area contributed by atoms with Gasteiger partial charge in [-0.15, -0.1) is 0 Å².